The molecule has 0 atom stereocenters. The third-order valence-corrected chi connectivity index (χ3v) is 5.14. The first-order valence-electron chi connectivity index (χ1n) is 8.77. The van der Waals surface area contributed by atoms with Gasteiger partial charge < -0.3 is 13.9 Å². The first kappa shape index (κ1) is 19.0. The zero-order valence-corrected chi connectivity index (χ0v) is 17.3. The molecule has 0 aliphatic carbocycles. The minimum atomic E-state index is -0.437. The summed E-state index contributed by atoms with van der Waals surface area (Å²) in [4.78, 5) is 12.5. The van der Waals surface area contributed by atoms with E-state index in [1.54, 1.807) is 32.4 Å². The molecule has 0 aliphatic heterocycles. The van der Waals surface area contributed by atoms with Crippen molar-refractivity contribution in [3.8, 4) is 11.5 Å². The molecule has 0 fully saturated rings. The van der Waals surface area contributed by atoms with E-state index in [4.69, 9.17) is 13.9 Å². The highest BCUT2D eigenvalue weighted by molar-refractivity contribution is 9.10. The zero-order valence-electron chi connectivity index (χ0n) is 15.7. The highest BCUT2D eigenvalue weighted by Gasteiger charge is 2.14. The van der Waals surface area contributed by atoms with E-state index in [0.29, 0.717) is 22.6 Å². The van der Waals surface area contributed by atoms with E-state index in [1.807, 2.05) is 36.4 Å². The largest absolute Gasteiger partial charge is 0.496 e. The number of hydrogen-bond donors (Lipinski definition) is 1. The van der Waals surface area contributed by atoms with Crippen LogP contribution in [0, 0.1) is 0 Å². The Hall–Kier alpha value is -3.32. The number of carbonyl (C=O) groups excluding carboxylic acids is 1. The molecule has 0 spiro atoms. The van der Waals surface area contributed by atoms with E-state index in [2.05, 4.69) is 26.5 Å². The number of hydrazone groups is 1. The van der Waals surface area contributed by atoms with Crippen molar-refractivity contribution < 1.29 is 18.7 Å². The molecule has 0 bridgehead atoms. The van der Waals surface area contributed by atoms with Gasteiger partial charge in [0.1, 0.15) is 17.1 Å². The fourth-order valence-electron chi connectivity index (χ4n) is 3.10. The molecule has 1 heterocycles. The molecule has 146 valence electrons. The van der Waals surface area contributed by atoms with Crippen LogP contribution in [0.15, 0.2) is 68.6 Å². The van der Waals surface area contributed by atoms with Gasteiger partial charge in [0.25, 0.3) is 0 Å². The molecule has 0 radical (unpaired) electrons. The molecule has 0 saturated heterocycles. The van der Waals surface area contributed by atoms with Crippen molar-refractivity contribution in [1.29, 1.82) is 0 Å². The van der Waals surface area contributed by atoms with Crippen molar-refractivity contribution in [3.63, 3.8) is 0 Å². The number of ether oxygens (including phenoxy) is 2. The Balaban J connectivity index is 1.57. The number of methoxy groups -OCH3 is 2. The molecule has 1 N–H and O–H groups in total. The molecule has 4 aromatic rings. The minimum absolute atomic E-state index is 0.191. The zero-order chi connectivity index (χ0) is 20.4. The molecule has 0 unspecified atom stereocenters. The molecule has 0 saturated carbocycles. The number of benzene rings is 3. The van der Waals surface area contributed by atoms with Gasteiger partial charge in [-0.15, -0.1) is 0 Å². The third-order valence-electron chi connectivity index (χ3n) is 4.52. The average Bonchev–Trinajstić information content (AvgIpc) is 3.19. The lowest BCUT2D eigenvalue weighted by Crippen LogP contribution is -2.16. The van der Waals surface area contributed by atoms with Crippen LogP contribution >= 0.6 is 15.9 Å². The van der Waals surface area contributed by atoms with Crippen molar-refractivity contribution in [2.75, 3.05) is 14.2 Å². The van der Waals surface area contributed by atoms with Gasteiger partial charge in [0.05, 0.1) is 24.9 Å². The predicted octanol–water partition coefficient (Wildman–Crippen LogP) is 5.13. The normalized spacial score (nSPS) is 11.3. The molecule has 1 aromatic heterocycles. The Kier molecular flexibility index (Phi) is 5.22. The predicted molar refractivity (Wildman–Crippen MR) is 116 cm³/mol. The van der Waals surface area contributed by atoms with Gasteiger partial charge in [0.2, 0.25) is 0 Å². The lowest BCUT2D eigenvalue weighted by molar-refractivity contribution is 0.0929. The molecule has 7 heteroatoms. The summed E-state index contributed by atoms with van der Waals surface area (Å²) in [7, 11) is 3.13. The summed E-state index contributed by atoms with van der Waals surface area (Å²) in [5, 5.41) is 7.03. The van der Waals surface area contributed by atoms with Gasteiger partial charge in [-0.1, -0.05) is 30.3 Å². The van der Waals surface area contributed by atoms with Gasteiger partial charge in [-0.05, 0) is 44.9 Å². The van der Waals surface area contributed by atoms with Crippen LogP contribution in [0.2, 0.25) is 0 Å². The molecule has 0 aliphatic rings. The number of fused-ring (bicyclic) bond motifs is 3. The summed E-state index contributed by atoms with van der Waals surface area (Å²) in [6.07, 6.45) is 1.50. The van der Waals surface area contributed by atoms with E-state index in [9.17, 15) is 4.79 Å². The van der Waals surface area contributed by atoms with Crippen LogP contribution in [0.5, 0.6) is 11.5 Å². The van der Waals surface area contributed by atoms with Gasteiger partial charge in [0.15, 0.2) is 5.76 Å². The van der Waals surface area contributed by atoms with Crippen LogP contribution in [0.4, 0.5) is 0 Å². The van der Waals surface area contributed by atoms with E-state index in [-0.39, 0.29) is 5.76 Å². The minimum Gasteiger partial charge on any atom is -0.496 e. The highest BCUT2D eigenvalue weighted by Crippen LogP contribution is 2.32. The van der Waals surface area contributed by atoms with Crippen molar-refractivity contribution in [2.24, 2.45) is 5.10 Å². The van der Waals surface area contributed by atoms with E-state index in [0.717, 1.165) is 20.6 Å². The molecular formula is C22H17BrN2O4. The van der Waals surface area contributed by atoms with Crippen LogP contribution in [0.3, 0.4) is 0 Å². The fourth-order valence-corrected chi connectivity index (χ4v) is 3.63. The first-order valence-corrected chi connectivity index (χ1v) is 9.56. The van der Waals surface area contributed by atoms with Gasteiger partial charge in [-0.3, -0.25) is 4.79 Å². The van der Waals surface area contributed by atoms with E-state index < -0.39 is 5.91 Å². The number of amides is 1. The SMILES string of the molecule is COc1cc(OC)c(/C=N\NC(=O)c2cc3c(ccc4ccccc43)o2)cc1Br. The summed E-state index contributed by atoms with van der Waals surface area (Å²) < 4.78 is 17.0. The van der Waals surface area contributed by atoms with Gasteiger partial charge in [0, 0.05) is 17.0 Å². The Bertz CT molecular complexity index is 1250. The summed E-state index contributed by atoms with van der Waals surface area (Å²) >= 11 is 3.42. The highest BCUT2D eigenvalue weighted by atomic mass is 79.9. The lowest BCUT2D eigenvalue weighted by atomic mass is 10.1. The average molecular weight is 453 g/mol. The van der Waals surface area contributed by atoms with Gasteiger partial charge in [-0.2, -0.15) is 5.10 Å². The monoisotopic (exact) mass is 452 g/mol. The second-order valence-corrected chi connectivity index (χ2v) is 7.09. The first-order chi connectivity index (χ1) is 14.1. The molecule has 29 heavy (non-hydrogen) atoms. The van der Waals surface area contributed by atoms with Crippen LogP contribution in [0.1, 0.15) is 16.1 Å². The van der Waals surface area contributed by atoms with Crippen molar-refractivity contribution in [3.05, 3.63) is 70.4 Å². The Morgan fingerprint density at radius 3 is 2.62 bits per heavy atom. The Labute approximate surface area is 175 Å². The van der Waals surface area contributed by atoms with E-state index >= 15 is 0 Å². The summed E-state index contributed by atoms with van der Waals surface area (Å²) in [6, 6.07) is 17.0. The van der Waals surface area contributed by atoms with Crippen LogP contribution in [-0.4, -0.2) is 26.3 Å². The topological polar surface area (TPSA) is 73.1 Å². The standard InChI is InChI=1S/C22H17BrN2O4/c1-27-19-11-20(28-2)17(23)9-14(19)12-24-25-22(26)21-10-16-15-6-4-3-5-13(15)7-8-18(16)29-21/h3-12H,1-2H3,(H,25,26)/b24-12-. The lowest BCUT2D eigenvalue weighted by Gasteiger charge is -2.09. The number of carbonyl (C=O) groups is 1. The summed E-state index contributed by atoms with van der Waals surface area (Å²) in [5.74, 6) is 0.959. The van der Waals surface area contributed by atoms with Gasteiger partial charge in [-0.25, -0.2) is 5.43 Å². The molecule has 1 amide bonds. The Morgan fingerprint density at radius 2 is 1.83 bits per heavy atom. The van der Waals surface area contributed by atoms with Gasteiger partial charge >= 0.3 is 5.91 Å². The summed E-state index contributed by atoms with van der Waals surface area (Å²) in [6.45, 7) is 0. The smallest absolute Gasteiger partial charge is 0.307 e. The quantitative estimate of drug-likeness (QED) is 0.336. The number of nitrogens with zero attached hydrogens (tertiary/aromatic N) is 1. The second-order valence-electron chi connectivity index (χ2n) is 6.24. The van der Waals surface area contributed by atoms with Crippen LogP contribution < -0.4 is 14.9 Å². The number of hydrogen-bond acceptors (Lipinski definition) is 5. The maximum atomic E-state index is 12.5. The molecule has 3 aromatic carbocycles. The molecule has 4 rings (SSSR count). The summed E-state index contributed by atoms with van der Waals surface area (Å²) in [5.41, 5.74) is 3.82. The van der Waals surface area contributed by atoms with Crippen LogP contribution in [0.25, 0.3) is 21.7 Å². The number of rotatable bonds is 5. The Morgan fingerprint density at radius 1 is 1.03 bits per heavy atom. The van der Waals surface area contributed by atoms with Crippen molar-refractivity contribution in [2.45, 2.75) is 0 Å². The van der Waals surface area contributed by atoms with Crippen molar-refractivity contribution >= 4 is 49.8 Å². The third kappa shape index (κ3) is 3.69. The maximum absolute atomic E-state index is 12.5. The number of furan rings is 1. The van der Waals surface area contributed by atoms with Crippen molar-refractivity contribution in [1.82, 2.24) is 5.43 Å². The van der Waals surface area contributed by atoms with Crippen LogP contribution in [-0.2, 0) is 0 Å². The fraction of sp³-hybridized carbons (Fsp3) is 0.0909. The number of halogens is 1. The molecule has 6 nitrogen and oxygen atoms in total. The second kappa shape index (κ2) is 7.97. The number of nitrogens with one attached hydrogen (secondary N) is 1. The maximum Gasteiger partial charge on any atom is 0.307 e. The molecular weight excluding hydrogens is 436 g/mol. The van der Waals surface area contributed by atoms with E-state index in [1.165, 1.54) is 6.21 Å².